The highest BCUT2D eigenvalue weighted by Gasteiger charge is 2.27. The number of carbonyl (C=O) groups is 1. The second kappa shape index (κ2) is 8.72. The number of benzene rings is 1. The van der Waals surface area contributed by atoms with Gasteiger partial charge in [0.15, 0.2) is 0 Å². The van der Waals surface area contributed by atoms with Crippen molar-refractivity contribution in [3.63, 3.8) is 0 Å². The van der Waals surface area contributed by atoms with E-state index < -0.39 is 10.0 Å². The number of aryl methyl sites for hydroxylation is 1. The van der Waals surface area contributed by atoms with Crippen LogP contribution in [-0.4, -0.2) is 36.8 Å². The molecule has 1 aromatic heterocycles. The Balaban J connectivity index is 1.62. The number of sulfonamides is 1. The normalized spacial score (nSPS) is 15.1. The van der Waals surface area contributed by atoms with Crippen LogP contribution in [0.15, 0.2) is 39.0 Å². The van der Waals surface area contributed by atoms with Gasteiger partial charge in [-0.05, 0) is 71.9 Å². The minimum atomic E-state index is -3.60. The number of thiophene rings is 1. The Morgan fingerprint density at radius 3 is 2.63 bits per heavy atom. The Hall–Kier alpha value is -1.42. The molecule has 0 aliphatic carbocycles. The quantitative estimate of drug-likeness (QED) is 0.596. The highest BCUT2D eigenvalue weighted by molar-refractivity contribution is 9.11. The predicted molar refractivity (Wildman–Crippen MR) is 110 cm³/mol. The minimum absolute atomic E-state index is 0.0842. The number of nitrogens with one attached hydrogen (secondary N) is 1. The number of hydrogen-bond donors (Lipinski definition) is 2. The Bertz CT molecular complexity index is 921. The van der Waals surface area contributed by atoms with Crippen molar-refractivity contribution in [2.75, 3.05) is 18.4 Å². The number of hydrogen-bond acceptors (Lipinski definition) is 5. The number of nitrogens with zero attached hydrogens (tertiary/aromatic N) is 1. The number of halogens is 1. The summed E-state index contributed by atoms with van der Waals surface area (Å²) in [4.78, 5) is 13.5. The summed E-state index contributed by atoms with van der Waals surface area (Å²) in [6, 6.07) is 8.00. The van der Waals surface area contributed by atoms with Gasteiger partial charge in [-0.25, -0.2) is 8.42 Å². The van der Waals surface area contributed by atoms with Gasteiger partial charge >= 0.3 is 0 Å². The third kappa shape index (κ3) is 5.10. The third-order valence-electron chi connectivity index (χ3n) is 4.40. The van der Waals surface area contributed by atoms with Crippen LogP contribution in [0.1, 0.15) is 30.6 Å². The molecule has 0 saturated carbocycles. The van der Waals surface area contributed by atoms with Crippen LogP contribution in [-0.2, 0) is 21.2 Å². The molecule has 3 rings (SSSR count). The summed E-state index contributed by atoms with van der Waals surface area (Å²) in [5.74, 6) is -0.400. The Labute approximate surface area is 171 Å². The van der Waals surface area contributed by atoms with Gasteiger partial charge in [0.25, 0.3) is 0 Å². The van der Waals surface area contributed by atoms with Crippen LogP contribution in [0, 0.1) is 0 Å². The van der Waals surface area contributed by atoms with Crippen molar-refractivity contribution in [1.82, 2.24) is 4.31 Å². The molecule has 1 fully saturated rings. The molecule has 6 nitrogen and oxygen atoms in total. The molecule has 0 radical (unpaired) electrons. The summed E-state index contributed by atoms with van der Waals surface area (Å²) < 4.78 is 27.8. The molecule has 1 aromatic carbocycles. The van der Waals surface area contributed by atoms with Gasteiger partial charge in [0.1, 0.15) is 5.75 Å². The molecule has 0 bridgehead atoms. The fourth-order valence-electron chi connectivity index (χ4n) is 2.98. The molecule has 2 N–H and O–H groups in total. The first kappa shape index (κ1) is 20.3. The van der Waals surface area contributed by atoms with Gasteiger partial charge in [0.05, 0.1) is 14.4 Å². The summed E-state index contributed by atoms with van der Waals surface area (Å²) >= 11 is 5.05. The van der Waals surface area contributed by atoms with Crippen molar-refractivity contribution in [2.24, 2.45) is 0 Å². The van der Waals surface area contributed by atoms with E-state index in [0.717, 1.165) is 23.0 Å². The van der Waals surface area contributed by atoms with Gasteiger partial charge in [-0.1, -0.05) is 0 Å². The fourth-order valence-corrected chi connectivity index (χ4v) is 6.04. The molecule has 1 saturated heterocycles. The molecule has 1 aliphatic rings. The Kier molecular flexibility index (Phi) is 6.56. The Morgan fingerprint density at radius 2 is 1.96 bits per heavy atom. The topological polar surface area (TPSA) is 86.7 Å². The van der Waals surface area contributed by atoms with Crippen LogP contribution >= 0.6 is 27.3 Å². The van der Waals surface area contributed by atoms with Crippen molar-refractivity contribution in [3.8, 4) is 5.75 Å². The van der Waals surface area contributed by atoms with E-state index in [2.05, 4.69) is 21.2 Å². The van der Waals surface area contributed by atoms with Gasteiger partial charge in [0.2, 0.25) is 15.9 Å². The van der Waals surface area contributed by atoms with Crippen LogP contribution in [0.3, 0.4) is 0 Å². The first-order valence-corrected chi connectivity index (χ1v) is 11.8. The molecule has 146 valence electrons. The maximum absolute atomic E-state index is 12.6. The van der Waals surface area contributed by atoms with Crippen molar-refractivity contribution in [1.29, 1.82) is 0 Å². The molecule has 0 unspecified atom stereocenters. The minimum Gasteiger partial charge on any atom is -0.506 e. The summed E-state index contributed by atoms with van der Waals surface area (Å²) in [5, 5.41) is 12.6. The highest BCUT2D eigenvalue weighted by atomic mass is 79.9. The predicted octanol–water partition coefficient (Wildman–Crippen LogP) is 3.96. The van der Waals surface area contributed by atoms with Crippen LogP contribution in [0.2, 0.25) is 0 Å². The summed E-state index contributed by atoms with van der Waals surface area (Å²) in [6.45, 7) is 1.01. The smallest absolute Gasteiger partial charge is 0.243 e. The number of phenolic OH excluding ortho intramolecular Hbond substituents is 1. The van der Waals surface area contributed by atoms with Gasteiger partial charge in [-0.15, -0.1) is 11.3 Å². The lowest BCUT2D eigenvalue weighted by Crippen LogP contribution is -2.28. The second-order valence-corrected chi connectivity index (χ2v) is 10.9. The molecule has 2 heterocycles. The second-order valence-electron chi connectivity index (χ2n) is 6.40. The van der Waals surface area contributed by atoms with Crippen LogP contribution < -0.4 is 5.32 Å². The zero-order chi connectivity index (χ0) is 19.4. The first-order valence-electron chi connectivity index (χ1n) is 8.73. The van der Waals surface area contributed by atoms with E-state index in [9.17, 15) is 18.3 Å². The largest absolute Gasteiger partial charge is 0.506 e. The van der Waals surface area contributed by atoms with Gasteiger partial charge in [0, 0.05) is 24.4 Å². The number of rotatable bonds is 7. The molecule has 2 aromatic rings. The van der Waals surface area contributed by atoms with Crippen molar-refractivity contribution >= 4 is 48.9 Å². The molecular formula is C18H21BrN2O4S2. The van der Waals surface area contributed by atoms with E-state index in [1.165, 1.54) is 27.4 Å². The molecule has 9 heteroatoms. The van der Waals surface area contributed by atoms with Crippen molar-refractivity contribution in [3.05, 3.63) is 39.0 Å². The lowest BCUT2D eigenvalue weighted by Gasteiger charge is -2.16. The molecule has 27 heavy (non-hydrogen) atoms. The van der Waals surface area contributed by atoms with E-state index >= 15 is 0 Å². The zero-order valence-electron chi connectivity index (χ0n) is 14.7. The van der Waals surface area contributed by atoms with E-state index in [1.807, 2.05) is 12.1 Å². The van der Waals surface area contributed by atoms with Gasteiger partial charge in [-0.2, -0.15) is 4.31 Å². The summed E-state index contributed by atoms with van der Waals surface area (Å²) in [7, 11) is -3.60. The number of aromatic hydroxyl groups is 1. The van der Waals surface area contributed by atoms with E-state index in [4.69, 9.17) is 0 Å². The Morgan fingerprint density at radius 1 is 1.22 bits per heavy atom. The standard InChI is InChI=1S/C18H21BrN2O4S2/c19-17-9-6-13(26-17)4-3-5-18(23)20-15-12-14(7-8-16(15)22)27(24,25)21-10-1-2-11-21/h6-9,12,22H,1-5,10-11H2,(H,20,23). The molecule has 1 amide bonds. The van der Waals surface area contributed by atoms with Gasteiger partial charge in [-0.3, -0.25) is 4.79 Å². The SMILES string of the molecule is O=C(CCCc1ccc(Br)s1)Nc1cc(S(=O)(=O)N2CCCC2)ccc1O. The van der Waals surface area contributed by atoms with Crippen LogP contribution in [0.5, 0.6) is 5.75 Å². The summed E-state index contributed by atoms with van der Waals surface area (Å²) in [5.41, 5.74) is 0.124. The maximum atomic E-state index is 12.6. The summed E-state index contributed by atoms with van der Waals surface area (Å²) in [6.07, 6.45) is 3.45. The lowest BCUT2D eigenvalue weighted by atomic mass is 10.2. The first-order chi connectivity index (χ1) is 12.9. The lowest BCUT2D eigenvalue weighted by molar-refractivity contribution is -0.116. The average Bonchev–Trinajstić information content (AvgIpc) is 3.29. The number of phenols is 1. The van der Waals surface area contributed by atoms with Gasteiger partial charge < -0.3 is 10.4 Å². The van der Waals surface area contributed by atoms with E-state index in [1.54, 1.807) is 11.3 Å². The fraction of sp³-hybridized carbons (Fsp3) is 0.389. The molecule has 0 atom stereocenters. The molecule has 1 aliphatic heterocycles. The maximum Gasteiger partial charge on any atom is 0.243 e. The number of carbonyl (C=O) groups excluding carboxylic acids is 1. The van der Waals surface area contributed by atoms with E-state index in [0.29, 0.717) is 19.5 Å². The third-order valence-corrected chi connectivity index (χ3v) is 7.98. The monoisotopic (exact) mass is 472 g/mol. The zero-order valence-corrected chi connectivity index (χ0v) is 17.9. The molecular weight excluding hydrogens is 452 g/mol. The van der Waals surface area contributed by atoms with E-state index in [-0.39, 0.29) is 28.7 Å². The number of anilines is 1. The number of amides is 1. The highest BCUT2D eigenvalue weighted by Crippen LogP contribution is 2.29. The molecule has 0 spiro atoms. The van der Waals surface area contributed by atoms with Crippen LogP contribution in [0.4, 0.5) is 5.69 Å². The van der Waals surface area contributed by atoms with Crippen LogP contribution in [0.25, 0.3) is 0 Å². The van der Waals surface area contributed by atoms with Crippen molar-refractivity contribution < 1.29 is 18.3 Å². The average molecular weight is 473 g/mol. The van der Waals surface area contributed by atoms with Crippen molar-refractivity contribution in [2.45, 2.75) is 37.0 Å².